The third kappa shape index (κ3) is 6.27. The highest BCUT2D eigenvalue weighted by Gasteiger charge is 2.14. The minimum atomic E-state index is -3.70. The number of rotatable bonds is 8. The van der Waals surface area contributed by atoms with E-state index in [1.54, 1.807) is 26.0 Å². The van der Waals surface area contributed by atoms with Crippen LogP contribution in [0, 0.1) is 12.8 Å². The SMILES string of the molecule is Cc1ccc(S(=O)(=O)OCCCCOC(=O)C(C)C)cc1. The van der Waals surface area contributed by atoms with Crippen LogP contribution in [0.4, 0.5) is 0 Å². The Morgan fingerprint density at radius 2 is 1.67 bits per heavy atom. The lowest BCUT2D eigenvalue weighted by molar-refractivity contribution is -0.147. The zero-order valence-corrected chi connectivity index (χ0v) is 13.5. The maximum absolute atomic E-state index is 11.9. The maximum atomic E-state index is 11.9. The third-order valence-corrected chi connectivity index (χ3v) is 4.13. The van der Waals surface area contributed by atoms with Gasteiger partial charge in [0.15, 0.2) is 0 Å². The number of esters is 1. The molecule has 0 aliphatic carbocycles. The molecule has 6 heteroatoms. The number of carbonyl (C=O) groups excluding carboxylic acids is 1. The van der Waals surface area contributed by atoms with E-state index in [4.69, 9.17) is 8.92 Å². The molecule has 1 aromatic rings. The Morgan fingerprint density at radius 3 is 2.24 bits per heavy atom. The van der Waals surface area contributed by atoms with E-state index in [1.807, 2.05) is 6.92 Å². The summed E-state index contributed by atoms with van der Waals surface area (Å²) in [6.07, 6.45) is 1.08. The summed E-state index contributed by atoms with van der Waals surface area (Å²) in [4.78, 5) is 11.4. The molecule has 0 bridgehead atoms. The van der Waals surface area contributed by atoms with Crippen molar-refractivity contribution in [3.63, 3.8) is 0 Å². The molecule has 0 atom stereocenters. The van der Waals surface area contributed by atoms with Gasteiger partial charge in [-0.15, -0.1) is 0 Å². The second kappa shape index (κ2) is 8.14. The van der Waals surface area contributed by atoms with E-state index in [1.165, 1.54) is 12.1 Å². The molecule has 0 unspecified atom stereocenters. The molecule has 0 saturated heterocycles. The fourth-order valence-electron chi connectivity index (χ4n) is 1.49. The van der Waals surface area contributed by atoms with Gasteiger partial charge in [0.2, 0.25) is 0 Å². The molecule has 0 spiro atoms. The predicted molar refractivity (Wildman–Crippen MR) is 79.3 cm³/mol. The highest BCUT2D eigenvalue weighted by Crippen LogP contribution is 2.13. The summed E-state index contributed by atoms with van der Waals surface area (Å²) < 4.78 is 33.7. The zero-order chi connectivity index (χ0) is 15.9. The molecular formula is C15H22O5S. The van der Waals surface area contributed by atoms with Crippen LogP contribution in [-0.4, -0.2) is 27.6 Å². The molecule has 0 aromatic heterocycles. The zero-order valence-electron chi connectivity index (χ0n) is 12.7. The first-order valence-electron chi connectivity index (χ1n) is 6.95. The number of hydrogen-bond donors (Lipinski definition) is 0. The molecule has 0 aliphatic rings. The topological polar surface area (TPSA) is 69.7 Å². The fraction of sp³-hybridized carbons (Fsp3) is 0.533. The van der Waals surface area contributed by atoms with E-state index in [2.05, 4.69) is 0 Å². The Hall–Kier alpha value is -1.40. The Morgan fingerprint density at radius 1 is 1.10 bits per heavy atom. The van der Waals surface area contributed by atoms with Crippen LogP contribution in [0.5, 0.6) is 0 Å². The van der Waals surface area contributed by atoms with E-state index >= 15 is 0 Å². The van der Waals surface area contributed by atoms with Gasteiger partial charge in [0.05, 0.1) is 24.0 Å². The summed E-state index contributed by atoms with van der Waals surface area (Å²) in [5.41, 5.74) is 0.987. The van der Waals surface area contributed by atoms with Crippen LogP contribution in [0.1, 0.15) is 32.3 Å². The molecule has 1 rings (SSSR count). The highest BCUT2D eigenvalue weighted by atomic mass is 32.2. The Kier molecular flexibility index (Phi) is 6.84. The first-order valence-corrected chi connectivity index (χ1v) is 8.36. The molecule has 118 valence electrons. The largest absolute Gasteiger partial charge is 0.465 e. The van der Waals surface area contributed by atoms with Gasteiger partial charge < -0.3 is 4.74 Å². The Balaban J connectivity index is 2.29. The lowest BCUT2D eigenvalue weighted by Gasteiger charge is -2.08. The average Bonchev–Trinajstić information content (AvgIpc) is 2.42. The number of ether oxygens (including phenoxy) is 1. The van der Waals surface area contributed by atoms with Gasteiger partial charge in [0.25, 0.3) is 10.1 Å². The van der Waals surface area contributed by atoms with Crippen molar-refractivity contribution in [3.8, 4) is 0 Å². The first-order chi connectivity index (χ1) is 9.83. The first kappa shape index (κ1) is 17.7. The number of unbranched alkanes of at least 4 members (excludes halogenated alkanes) is 1. The summed E-state index contributed by atoms with van der Waals surface area (Å²) in [5, 5.41) is 0. The van der Waals surface area contributed by atoms with E-state index in [9.17, 15) is 13.2 Å². The molecule has 0 fully saturated rings. The summed E-state index contributed by atoms with van der Waals surface area (Å²) in [5.74, 6) is -0.397. The van der Waals surface area contributed by atoms with Crippen LogP contribution in [-0.2, 0) is 23.8 Å². The lowest BCUT2D eigenvalue weighted by atomic mass is 10.2. The second-order valence-corrected chi connectivity index (χ2v) is 6.73. The van der Waals surface area contributed by atoms with Gasteiger partial charge >= 0.3 is 5.97 Å². The Bertz CT molecular complexity index is 546. The van der Waals surface area contributed by atoms with E-state index < -0.39 is 10.1 Å². The summed E-state index contributed by atoms with van der Waals surface area (Å²) in [6.45, 7) is 5.77. The van der Waals surface area contributed by atoms with Gasteiger partial charge in [-0.1, -0.05) is 31.5 Å². The molecule has 0 saturated carbocycles. The summed E-state index contributed by atoms with van der Waals surface area (Å²) >= 11 is 0. The smallest absolute Gasteiger partial charge is 0.308 e. The van der Waals surface area contributed by atoms with Crippen LogP contribution in [0.3, 0.4) is 0 Å². The normalized spacial score (nSPS) is 11.6. The maximum Gasteiger partial charge on any atom is 0.308 e. The Labute approximate surface area is 126 Å². The van der Waals surface area contributed by atoms with Crippen molar-refractivity contribution in [1.29, 1.82) is 0 Å². The summed E-state index contributed by atoms with van der Waals surface area (Å²) in [7, 11) is -3.70. The fourth-order valence-corrected chi connectivity index (χ4v) is 2.43. The number of hydrogen-bond acceptors (Lipinski definition) is 5. The van der Waals surface area contributed by atoms with Crippen molar-refractivity contribution in [1.82, 2.24) is 0 Å². The van der Waals surface area contributed by atoms with Gasteiger partial charge in [-0.25, -0.2) is 0 Å². The van der Waals surface area contributed by atoms with Crippen molar-refractivity contribution >= 4 is 16.1 Å². The molecule has 5 nitrogen and oxygen atoms in total. The van der Waals surface area contributed by atoms with Crippen LogP contribution in [0.15, 0.2) is 29.2 Å². The van der Waals surface area contributed by atoms with Gasteiger partial charge in [-0.3, -0.25) is 8.98 Å². The number of aryl methyl sites for hydroxylation is 1. The van der Waals surface area contributed by atoms with Crippen LogP contribution < -0.4 is 0 Å². The van der Waals surface area contributed by atoms with Crippen molar-refractivity contribution in [3.05, 3.63) is 29.8 Å². The molecule has 0 heterocycles. The van der Waals surface area contributed by atoms with Gasteiger partial charge in [-0.2, -0.15) is 8.42 Å². The quantitative estimate of drug-likeness (QED) is 0.419. The van der Waals surface area contributed by atoms with E-state index in [-0.39, 0.29) is 30.0 Å². The molecule has 0 amide bonds. The molecule has 0 aliphatic heterocycles. The van der Waals surface area contributed by atoms with Gasteiger partial charge in [-0.05, 0) is 31.9 Å². The third-order valence-electron chi connectivity index (χ3n) is 2.80. The van der Waals surface area contributed by atoms with Crippen LogP contribution in [0.2, 0.25) is 0 Å². The monoisotopic (exact) mass is 314 g/mol. The van der Waals surface area contributed by atoms with E-state index in [0.29, 0.717) is 12.8 Å². The molecular weight excluding hydrogens is 292 g/mol. The minimum Gasteiger partial charge on any atom is -0.465 e. The highest BCUT2D eigenvalue weighted by molar-refractivity contribution is 7.86. The van der Waals surface area contributed by atoms with Crippen molar-refractivity contribution < 1.29 is 22.1 Å². The second-order valence-electron chi connectivity index (χ2n) is 5.12. The molecule has 1 aromatic carbocycles. The van der Waals surface area contributed by atoms with Crippen LogP contribution in [0.25, 0.3) is 0 Å². The van der Waals surface area contributed by atoms with Crippen molar-refractivity contribution in [2.45, 2.75) is 38.5 Å². The number of benzene rings is 1. The molecule has 0 N–H and O–H groups in total. The predicted octanol–water partition coefficient (Wildman–Crippen LogP) is 2.68. The minimum absolute atomic E-state index is 0.0788. The van der Waals surface area contributed by atoms with Crippen molar-refractivity contribution in [2.75, 3.05) is 13.2 Å². The summed E-state index contributed by atoms with van der Waals surface area (Å²) in [6, 6.07) is 6.49. The molecule has 21 heavy (non-hydrogen) atoms. The van der Waals surface area contributed by atoms with Gasteiger partial charge in [0, 0.05) is 0 Å². The average molecular weight is 314 g/mol. The van der Waals surface area contributed by atoms with E-state index in [0.717, 1.165) is 5.56 Å². The lowest BCUT2D eigenvalue weighted by Crippen LogP contribution is -2.13. The molecule has 0 radical (unpaired) electrons. The van der Waals surface area contributed by atoms with Crippen molar-refractivity contribution in [2.24, 2.45) is 5.92 Å². The standard InChI is InChI=1S/C15H22O5S/c1-12(2)15(16)19-10-4-5-11-20-21(17,18)14-8-6-13(3)7-9-14/h6-9,12H,4-5,10-11H2,1-3H3. The number of carbonyl (C=O) groups is 1. The van der Waals surface area contributed by atoms with Crippen LogP contribution >= 0.6 is 0 Å². The van der Waals surface area contributed by atoms with Gasteiger partial charge in [0.1, 0.15) is 0 Å².